The maximum Gasteiger partial charge on any atom is 0.171 e. The normalized spacial score (nSPS) is 37.0. The van der Waals surface area contributed by atoms with E-state index in [9.17, 15) is 9.59 Å². The Morgan fingerprint density at radius 2 is 2.05 bits per heavy atom. The molecule has 102 valence electrons. The molecule has 3 heteroatoms. The molecule has 3 aliphatic carbocycles. The molecule has 0 saturated heterocycles. The van der Waals surface area contributed by atoms with Crippen LogP contribution in [-0.4, -0.2) is 18.7 Å². The summed E-state index contributed by atoms with van der Waals surface area (Å²) < 4.78 is 5.29. The van der Waals surface area contributed by atoms with Crippen molar-refractivity contribution >= 4 is 11.6 Å². The van der Waals surface area contributed by atoms with Crippen LogP contribution in [0.3, 0.4) is 0 Å². The second-order valence-corrected chi connectivity index (χ2v) is 6.35. The molecule has 0 aromatic heterocycles. The van der Waals surface area contributed by atoms with Crippen LogP contribution in [0.25, 0.3) is 0 Å². The summed E-state index contributed by atoms with van der Waals surface area (Å²) >= 11 is 0. The van der Waals surface area contributed by atoms with Crippen molar-refractivity contribution in [2.75, 3.05) is 7.11 Å². The number of rotatable bonds is 1. The average Bonchev–Trinajstić information content (AvgIpc) is 2.97. The number of carbonyl (C=O) groups is 2. The number of methoxy groups -OCH3 is 1. The first kappa shape index (κ1) is 11.9. The highest BCUT2D eigenvalue weighted by atomic mass is 16.5. The number of hydrogen-bond acceptors (Lipinski definition) is 3. The fourth-order valence-electron chi connectivity index (χ4n) is 4.43. The van der Waals surface area contributed by atoms with Crippen molar-refractivity contribution in [2.45, 2.75) is 13.3 Å². The predicted octanol–water partition coefficient (Wildman–Crippen LogP) is 2.90. The van der Waals surface area contributed by atoms with Crippen molar-refractivity contribution in [3.63, 3.8) is 0 Å². The van der Waals surface area contributed by atoms with Crippen LogP contribution >= 0.6 is 0 Å². The summed E-state index contributed by atoms with van der Waals surface area (Å²) in [7, 11) is 1.54. The maximum absolute atomic E-state index is 12.9. The van der Waals surface area contributed by atoms with Crippen molar-refractivity contribution in [3.05, 3.63) is 41.5 Å². The Balaban J connectivity index is 1.95. The van der Waals surface area contributed by atoms with Crippen LogP contribution in [0.5, 0.6) is 5.75 Å². The summed E-state index contributed by atoms with van der Waals surface area (Å²) in [6, 6.07) is 5.30. The van der Waals surface area contributed by atoms with Crippen LogP contribution in [0.15, 0.2) is 30.4 Å². The first-order valence-electron chi connectivity index (χ1n) is 7.01. The van der Waals surface area contributed by atoms with E-state index in [4.69, 9.17) is 4.74 Å². The Labute approximate surface area is 117 Å². The van der Waals surface area contributed by atoms with Crippen molar-refractivity contribution in [2.24, 2.45) is 23.2 Å². The topological polar surface area (TPSA) is 43.4 Å². The van der Waals surface area contributed by atoms with Gasteiger partial charge in [-0.05, 0) is 23.8 Å². The lowest BCUT2D eigenvalue weighted by molar-refractivity contribution is 0.0673. The number of ketones is 2. The molecule has 0 heterocycles. The molecular weight excluding hydrogens is 252 g/mol. The molecule has 1 saturated carbocycles. The molecule has 3 nitrogen and oxygen atoms in total. The van der Waals surface area contributed by atoms with Gasteiger partial charge in [-0.2, -0.15) is 0 Å². The number of allylic oxidation sites excluding steroid dienone is 2. The second-order valence-electron chi connectivity index (χ2n) is 6.35. The van der Waals surface area contributed by atoms with Gasteiger partial charge in [-0.15, -0.1) is 0 Å². The minimum Gasteiger partial charge on any atom is -0.496 e. The van der Waals surface area contributed by atoms with Gasteiger partial charge >= 0.3 is 0 Å². The lowest BCUT2D eigenvalue weighted by atomic mass is 9.65. The molecule has 0 N–H and O–H groups in total. The van der Waals surface area contributed by atoms with Crippen LogP contribution in [0.4, 0.5) is 0 Å². The molecule has 4 unspecified atom stereocenters. The van der Waals surface area contributed by atoms with Crippen LogP contribution in [0, 0.1) is 23.2 Å². The lowest BCUT2D eigenvalue weighted by Gasteiger charge is -2.36. The van der Waals surface area contributed by atoms with E-state index >= 15 is 0 Å². The third-order valence-electron chi connectivity index (χ3n) is 5.27. The molecule has 3 aliphatic rings. The summed E-state index contributed by atoms with van der Waals surface area (Å²) in [6.45, 7) is 2.10. The average molecular weight is 268 g/mol. The van der Waals surface area contributed by atoms with E-state index in [0.29, 0.717) is 16.9 Å². The predicted molar refractivity (Wildman–Crippen MR) is 74.0 cm³/mol. The summed E-state index contributed by atoms with van der Waals surface area (Å²) in [5.74, 6) is 0.541. The smallest absolute Gasteiger partial charge is 0.171 e. The molecule has 20 heavy (non-hydrogen) atoms. The van der Waals surface area contributed by atoms with E-state index in [2.05, 4.69) is 19.1 Å². The van der Waals surface area contributed by atoms with Crippen LogP contribution < -0.4 is 4.74 Å². The second kappa shape index (κ2) is 3.60. The number of benzene rings is 1. The van der Waals surface area contributed by atoms with Gasteiger partial charge in [0.05, 0.1) is 12.7 Å². The molecular formula is C17H16O3. The Bertz CT molecular complexity index is 673. The third kappa shape index (κ3) is 1.21. The van der Waals surface area contributed by atoms with Gasteiger partial charge in [0.1, 0.15) is 5.75 Å². The van der Waals surface area contributed by atoms with Gasteiger partial charge in [0.15, 0.2) is 11.6 Å². The first-order chi connectivity index (χ1) is 9.57. The van der Waals surface area contributed by atoms with E-state index in [1.807, 2.05) is 0 Å². The number of ether oxygens (including phenoxy) is 1. The van der Waals surface area contributed by atoms with Crippen LogP contribution in [-0.2, 0) is 0 Å². The first-order valence-corrected chi connectivity index (χ1v) is 7.01. The molecule has 0 radical (unpaired) electrons. The van der Waals surface area contributed by atoms with Gasteiger partial charge in [0.25, 0.3) is 0 Å². The Morgan fingerprint density at radius 1 is 1.25 bits per heavy atom. The third-order valence-corrected chi connectivity index (χ3v) is 5.27. The highest BCUT2D eigenvalue weighted by Crippen LogP contribution is 2.60. The zero-order valence-corrected chi connectivity index (χ0v) is 11.6. The Hall–Kier alpha value is -1.90. The van der Waals surface area contributed by atoms with E-state index in [1.165, 1.54) is 0 Å². The number of carbonyl (C=O) groups excluding carboxylic acids is 2. The van der Waals surface area contributed by atoms with Gasteiger partial charge in [0.2, 0.25) is 0 Å². The Kier molecular flexibility index (Phi) is 2.14. The van der Waals surface area contributed by atoms with Crippen LogP contribution in [0.2, 0.25) is 0 Å². The van der Waals surface area contributed by atoms with Gasteiger partial charge in [-0.25, -0.2) is 0 Å². The zero-order valence-electron chi connectivity index (χ0n) is 11.6. The molecule has 2 bridgehead atoms. The molecule has 4 rings (SSSR count). The van der Waals surface area contributed by atoms with Gasteiger partial charge in [0, 0.05) is 17.4 Å². The fourth-order valence-corrected chi connectivity index (χ4v) is 4.43. The van der Waals surface area contributed by atoms with Gasteiger partial charge in [-0.3, -0.25) is 9.59 Å². The molecule has 1 aromatic rings. The minimum absolute atomic E-state index is 0.0834. The summed E-state index contributed by atoms with van der Waals surface area (Å²) in [5.41, 5.74) is 0.881. The minimum atomic E-state index is -0.193. The molecule has 0 amide bonds. The molecule has 4 atom stereocenters. The molecule has 1 aromatic carbocycles. The van der Waals surface area contributed by atoms with Gasteiger partial charge < -0.3 is 4.74 Å². The number of hydrogen-bond donors (Lipinski definition) is 0. The maximum atomic E-state index is 12.9. The number of fused-ring (bicyclic) bond motifs is 6. The van der Waals surface area contributed by atoms with Crippen LogP contribution in [0.1, 0.15) is 34.1 Å². The number of Topliss-reactive ketones (excluding diaryl/α,β-unsaturated/α-hetero) is 2. The largest absolute Gasteiger partial charge is 0.496 e. The quantitative estimate of drug-likeness (QED) is 0.735. The van der Waals surface area contributed by atoms with Crippen molar-refractivity contribution in [1.82, 2.24) is 0 Å². The van der Waals surface area contributed by atoms with E-state index in [-0.39, 0.29) is 34.7 Å². The van der Waals surface area contributed by atoms with E-state index in [0.717, 1.165) is 6.42 Å². The highest BCUT2D eigenvalue weighted by Gasteiger charge is 2.60. The highest BCUT2D eigenvalue weighted by molar-refractivity contribution is 6.18. The molecule has 0 aliphatic heterocycles. The lowest BCUT2D eigenvalue weighted by Crippen LogP contribution is -2.42. The zero-order chi connectivity index (χ0) is 14.1. The van der Waals surface area contributed by atoms with E-state index in [1.54, 1.807) is 25.3 Å². The molecule has 0 spiro atoms. The van der Waals surface area contributed by atoms with Crippen molar-refractivity contribution in [3.8, 4) is 5.75 Å². The van der Waals surface area contributed by atoms with Crippen molar-refractivity contribution in [1.29, 1.82) is 0 Å². The molecule has 1 fully saturated rings. The monoisotopic (exact) mass is 268 g/mol. The van der Waals surface area contributed by atoms with Gasteiger partial charge in [-0.1, -0.05) is 31.2 Å². The Morgan fingerprint density at radius 3 is 2.80 bits per heavy atom. The summed E-state index contributed by atoms with van der Waals surface area (Å²) in [4.78, 5) is 25.8. The fraction of sp³-hybridized carbons (Fsp3) is 0.412. The van der Waals surface area contributed by atoms with E-state index < -0.39 is 0 Å². The summed E-state index contributed by atoms with van der Waals surface area (Å²) in [5, 5.41) is 0. The van der Waals surface area contributed by atoms with Crippen molar-refractivity contribution < 1.29 is 14.3 Å². The standard InChI is InChI=1S/C17H16O3/c1-17-7-6-9(8-17)12-14(17)15(18)10-4-3-5-11(20-2)13(10)16(12)19/h3-7,9,12,14H,8H2,1-2H3. The SMILES string of the molecule is COc1cccc2c1C(=O)C1C3C=CC(C)(C3)C1C2=O. The summed E-state index contributed by atoms with van der Waals surface area (Å²) in [6.07, 6.45) is 5.16.